The number of piperazine rings is 1. The van der Waals surface area contributed by atoms with Crippen LogP contribution in [0.5, 0.6) is 0 Å². The second-order valence-corrected chi connectivity index (χ2v) is 7.70. The molecule has 4 rings (SSSR count). The Kier molecular flexibility index (Phi) is 4.54. The van der Waals surface area contributed by atoms with Gasteiger partial charge in [0.15, 0.2) is 0 Å². The number of hydrogen-bond acceptors (Lipinski definition) is 8. The monoisotopic (exact) mass is 370 g/mol. The van der Waals surface area contributed by atoms with E-state index in [1.807, 2.05) is 25.6 Å². The summed E-state index contributed by atoms with van der Waals surface area (Å²) in [4.78, 5) is 13.7. The van der Waals surface area contributed by atoms with Gasteiger partial charge in [0.05, 0.1) is 24.3 Å². The van der Waals surface area contributed by atoms with Crippen LogP contribution in [0.4, 0.5) is 10.9 Å². The Hall–Kier alpha value is -2.55. The highest BCUT2D eigenvalue weighted by Gasteiger charge is 2.22. The molecule has 0 bridgehead atoms. The molecule has 0 saturated carbocycles. The first-order valence-electron chi connectivity index (χ1n) is 8.74. The fourth-order valence-electron chi connectivity index (χ4n) is 2.91. The molecule has 3 aromatic heterocycles. The first-order valence-corrected chi connectivity index (χ1v) is 9.56. The molecule has 0 unspecified atom stereocenters. The highest BCUT2D eigenvalue weighted by atomic mass is 32.1. The molecule has 26 heavy (non-hydrogen) atoms. The van der Waals surface area contributed by atoms with Crippen LogP contribution < -0.4 is 9.80 Å². The first kappa shape index (κ1) is 16.9. The van der Waals surface area contributed by atoms with Gasteiger partial charge in [-0.25, -0.2) is 4.98 Å². The van der Waals surface area contributed by atoms with E-state index in [9.17, 15) is 0 Å². The Morgan fingerprint density at radius 3 is 2.42 bits per heavy atom. The molecule has 0 aliphatic carbocycles. The van der Waals surface area contributed by atoms with E-state index in [1.54, 1.807) is 22.2 Å². The summed E-state index contributed by atoms with van der Waals surface area (Å²) in [7, 11) is 1.90. The van der Waals surface area contributed by atoms with Gasteiger partial charge in [-0.15, -0.1) is 10.2 Å². The lowest BCUT2D eigenvalue weighted by atomic mass is 10.2. The number of rotatable bonds is 4. The van der Waals surface area contributed by atoms with E-state index in [0.29, 0.717) is 5.92 Å². The van der Waals surface area contributed by atoms with E-state index in [1.165, 1.54) is 0 Å². The summed E-state index contributed by atoms with van der Waals surface area (Å²) >= 11 is 1.69. The van der Waals surface area contributed by atoms with Gasteiger partial charge in [0, 0.05) is 50.9 Å². The third-order valence-electron chi connectivity index (χ3n) is 4.42. The number of aromatic nitrogens is 6. The molecule has 1 aliphatic rings. The zero-order valence-electron chi connectivity index (χ0n) is 15.2. The van der Waals surface area contributed by atoms with Crippen molar-refractivity contribution in [3.63, 3.8) is 0 Å². The van der Waals surface area contributed by atoms with Gasteiger partial charge in [0.25, 0.3) is 0 Å². The second kappa shape index (κ2) is 6.99. The predicted octanol–water partition coefficient (Wildman–Crippen LogP) is 2.18. The van der Waals surface area contributed by atoms with Crippen LogP contribution in [-0.2, 0) is 7.05 Å². The molecule has 1 aliphatic heterocycles. The van der Waals surface area contributed by atoms with Crippen molar-refractivity contribution < 1.29 is 0 Å². The largest absolute Gasteiger partial charge is 0.352 e. The van der Waals surface area contributed by atoms with Crippen molar-refractivity contribution in [2.24, 2.45) is 7.05 Å². The third-order valence-corrected chi connectivity index (χ3v) is 5.71. The van der Waals surface area contributed by atoms with Crippen molar-refractivity contribution in [3.05, 3.63) is 29.8 Å². The van der Waals surface area contributed by atoms with E-state index in [2.05, 4.69) is 43.9 Å². The van der Waals surface area contributed by atoms with E-state index < -0.39 is 0 Å². The summed E-state index contributed by atoms with van der Waals surface area (Å²) in [6.45, 7) is 7.90. The molecule has 0 radical (unpaired) electrons. The Bertz CT molecular complexity index is 878. The molecule has 0 N–H and O–H groups in total. The van der Waals surface area contributed by atoms with E-state index in [-0.39, 0.29) is 0 Å². The van der Waals surface area contributed by atoms with Crippen molar-refractivity contribution in [1.29, 1.82) is 0 Å². The van der Waals surface area contributed by atoms with Gasteiger partial charge in [-0.3, -0.25) is 9.67 Å². The van der Waals surface area contributed by atoms with Crippen molar-refractivity contribution in [2.45, 2.75) is 19.8 Å². The van der Waals surface area contributed by atoms with Crippen molar-refractivity contribution in [3.8, 4) is 11.3 Å². The minimum atomic E-state index is 0.424. The van der Waals surface area contributed by atoms with Gasteiger partial charge in [0.2, 0.25) is 5.13 Å². The molecule has 136 valence electrons. The zero-order valence-corrected chi connectivity index (χ0v) is 16.0. The SMILES string of the molecule is CC(C)c1nnc(N2CCN(c3cncc(-c4cnn(C)c4)n3)CC2)s1. The lowest BCUT2D eigenvalue weighted by Gasteiger charge is -2.34. The summed E-state index contributed by atoms with van der Waals surface area (Å²) in [6, 6.07) is 0. The van der Waals surface area contributed by atoms with Gasteiger partial charge < -0.3 is 9.80 Å². The van der Waals surface area contributed by atoms with Gasteiger partial charge in [-0.05, 0) is 0 Å². The average Bonchev–Trinajstić information content (AvgIpc) is 3.31. The van der Waals surface area contributed by atoms with Crippen molar-refractivity contribution in [1.82, 2.24) is 29.9 Å². The van der Waals surface area contributed by atoms with Crippen LogP contribution in [0.1, 0.15) is 24.8 Å². The van der Waals surface area contributed by atoms with Gasteiger partial charge in [-0.1, -0.05) is 25.2 Å². The predicted molar refractivity (Wildman–Crippen MR) is 103 cm³/mol. The molecule has 4 heterocycles. The lowest BCUT2D eigenvalue weighted by molar-refractivity contribution is 0.642. The number of hydrogen-bond donors (Lipinski definition) is 0. The maximum atomic E-state index is 4.77. The molecule has 1 saturated heterocycles. The Morgan fingerprint density at radius 2 is 1.77 bits per heavy atom. The minimum absolute atomic E-state index is 0.424. The molecule has 3 aromatic rings. The van der Waals surface area contributed by atoms with E-state index in [0.717, 1.165) is 53.4 Å². The highest BCUT2D eigenvalue weighted by molar-refractivity contribution is 7.15. The van der Waals surface area contributed by atoms with Gasteiger partial charge >= 0.3 is 0 Å². The molecule has 9 heteroatoms. The molecular weight excluding hydrogens is 348 g/mol. The van der Waals surface area contributed by atoms with Gasteiger partial charge in [-0.2, -0.15) is 5.10 Å². The number of nitrogens with zero attached hydrogens (tertiary/aromatic N) is 8. The van der Waals surface area contributed by atoms with Crippen LogP contribution in [0.3, 0.4) is 0 Å². The highest BCUT2D eigenvalue weighted by Crippen LogP contribution is 2.27. The van der Waals surface area contributed by atoms with Crippen LogP contribution in [0.25, 0.3) is 11.3 Å². The van der Waals surface area contributed by atoms with E-state index in [4.69, 9.17) is 4.98 Å². The number of aryl methyl sites for hydroxylation is 1. The Morgan fingerprint density at radius 1 is 1.00 bits per heavy atom. The fraction of sp³-hybridized carbons (Fsp3) is 0.471. The Labute approximate surface area is 156 Å². The van der Waals surface area contributed by atoms with Crippen LogP contribution in [0, 0.1) is 0 Å². The standard InChI is InChI=1S/C17H22N8S/c1-12(2)16-21-22-17(26-16)25-6-4-24(5-7-25)15-10-18-9-14(20-15)13-8-19-23(3)11-13/h8-12H,4-7H2,1-3H3. The number of anilines is 2. The maximum Gasteiger partial charge on any atom is 0.208 e. The molecule has 8 nitrogen and oxygen atoms in total. The summed E-state index contributed by atoms with van der Waals surface area (Å²) in [5.41, 5.74) is 1.83. The van der Waals surface area contributed by atoms with Crippen molar-refractivity contribution >= 4 is 22.3 Å². The van der Waals surface area contributed by atoms with Crippen LogP contribution in [-0.4, -0.2) is 56.1 Å². The van der Waals surface area contributed by atoms with Crippen LogP contribution >= 0.6 is 11.3 Å². The molecule has 0 atom stereocenters. The topological polar surface area (TPSA) is 75.9 Å². The molecule has 0 aromatic carbocycles. The van der Waals surface area contributed by atoms with Gasteiger partial charge in [0.1, 0.15) is 10.8 Å². The van der Waals surface area contributed by atoms with Crippen LogP contribution in [0.15, 0.2) is 24.8 Å². The summed E-state index contributed by atoms with van der Waals surface area (Å²) < 4.78 is 1.77. The summed E-state index contributed by atoms with van der Waals surface area (Å²) in [5, 5.41) is 15.0. The quantitative estimate of drug-likeness (QED) is 0.697. The minimum Gasteiger partial charge on any atom is -0.352 e. The van der Waals surface area contributed by atoms with Crippen LogP contribution in [0.2, 0.25) is 0 Å². The van der Waals surface area contributed by atoms with Crippen molar-refractivity contribution in [2.75, 3.05) is 36.0 Å². The Balaban J connectivity index is 1.44. The fourth-order valence-corrected chi connectivity index (χ4v) is 3.81. The lowest BCUT2D eigenvalue weighted by Crippen LogP contribution is -2.46. The molecule has 0 amide bonds. The molecule has 1 fully saturated rings. The molecule has 0 spiro atoms. The normalized spacial score (nSPS) is 15.1. The van der Waals surface area contributed by atoms with E-state index >= 15 is 0 Å². The summed E-state index contributed by atoms with van der Waals surface area (Å²) in [5.74, 6) is 1.33. The average molecular weight is 370 g/mol. The molecular formula is C17H22N8S. The zero-order chi connectivity index (χ0) is 18.1. The maximum absolute atomic E-state index is 4.77. The second-order valence-electron chi connectivity index (χ2n) is 6.72. The summed E-state index contributed by atoms with van der Waals surface area (Å²) in [6.07, 6.45) is 7.38. The smallest absolute Gasteiger partial charge is 0.208 e. The first-order chi connectivity index (χ1) is 12.6. The third kappa shape index (κ3) is 3.39.